The summed E-state index contributed by atoms with van der Waals surface area (Å²) in [4.78, 5) is 0. The Labute approximate surface area is 217 Å². The van der Waals surface area contributed by atoms with Gasteiger partial charge in [-0.25, -0.2) is 0 Å². The Hall–Kier alpha value is -0.932. The van der Waals surface area contributed by atoms with Crippen LogP contribution in [-0.2, 0) is 65.4 Å². The van der Waals surface area contributed by atoms with Crippen LogP contribution in [0.15, 0.2) is 48.6 Å². The van der Waals surface area contributed by atoms with Crippen molar-refractivity contribution in [2.75, 3.05) is 14.2 Å². The molecule has 4 nitrogen and oxygen atoms in total. The van der Waals surface area contributed by atoms with E-state index in [0.29, 0.717) is 11.5 Å². The van der Waals surface area contributed by atoms with Crippen molar-refractivity contribution in [3.05, 3.63) is 70.8 Å². The minimum atomic E-state index is 0. The summed E-state index contributed by atoms with van der Waals surface area (Å²) in [5.74, 6) is 1.19. The van der Waals surface area contributed by atoms with Crippen molar-refractivity contribution < 1.29 is 85.1 Å². The molecule has 0 bridgehead atoms. The summed E-state index contributed by atoms with van der Waals surface area (Å²) in [5.41, 5.74) is 4.12. The second kappa shape index (κ2) is 12.6. The molecule has 0 saturated heterocycles. The monoisotopic (exact) mass is 530 g/mol. The number of benzene rings is 2. The van der Waals surface area contributed by atoms with Gasteiger partial charge in [-0.3, -0.25) is 0 Å². The molecule has 0 spiro atoms. The number of ether oxygens (including phenoxy) is 2. The van der Waals surface area contributed by atoms with Crippen LogP contribution in [0, 0.1) is 13.8 Å². The van der Waals surface area contributed by atoms with Crippen LogP contribution < -0.4 is 9.47 Å². The zero-order valence-corrected chi connectivity index (χ0v) is 22.4. The molecule has 0 aliphatic heterocycles. The molecule has 0 unspecified atom stereocenters. The zero-order chi connectivity index (χ0) is 19.3. The van der Waals surface area contributed by atoms with Crippen LogP contribution in [0.2, 0.25) is 0 Å². The molecule has 6 heteroatoms. The summed E-state index contributed by atoms with van der Waals surface area (Å²) in [6.07, 6.45) is 7.58. The fourth-order valence-electron chi connectivity index (χ4n) is 2.51. The van der Waals surface area contributed by atoms with Gasteiger partial charge in [0.1, 0.15) is 0 Å². The third-order valence-corrected chi connectivity index (χ3v) is 4.00. The molecule has 0 aromatic heterocycles. The van der Waals surface area contributed by atoms with Gasteiger partial charge in [0.2, 0.25) is 0 Å². The molecule has 0 saturated carbocycles. The van der Waals surface area contributed by atoms with Gasteiger partial charge in [0.15, 0.2) is 23.0 Å². The van der Waals surface area contributed by atoms with Crippen LogP contribution in [0.25, 0.3) is 12.2 Å². The molecule has 28 heavy (non-hydrogen) atoms. The van der Waals surface area contributed by atoms with Gasteiger partial charge in [-0.2, -0.15) is 0 Å². The van der Waals surface area contributed by atoms with Gasteiger partial charge in [-0.15, -0.1) is 0 Å². The molecular weight excluding hydrogens is 506 g/mol. The Balaban J connectivity index is 0.00000364. The van der Waals surface area contributed by atoms with E-state index in [4.69, 9.17) is 9.47 Å². The maximum atomic E-state index is 9.89. The van der Waals surface area contributed by atoms with E-state index in [1.807, 2.05) is 50.3 Å². The van der Waals surface area contributed by atoms with Crippen molar-refractivity contribution in [3.8, 4) is 23.0 Å². The van der Waals surface area contributed by atoms with Crippen LogP contribution in [0.3, 0.4) is 0 Å². The zero-order valence-electron chi connectivity index (χ0n) is 16.7. The topological polar surface area (TPSA) is 58.9 Å². The first-order valence-corrected chi connectivity index (χ1v) is 8.16. The van der Waals surface area contributed by atoms with E-state index in [0.717, 1.165) is 27.8 Å². The van der Waals surface area contributed by atoms with Gasteiger partial charge in [0.05, 0.1) is 14.2 Å². The van der Waals surface area contributed by atoms with Crippen molar-refractivity contribution in [1.29, 1.82) is 0 Å². The van der Waals surface area contributed by atoms with Crippen molar-refractivity contribution in [1.82, 2.24) is 0 Å². The molecule has 2 radical (unpaired) electrons. The molecule has 0 amide bonds. The van der Waals surface area contributed by atoms with E-state index < -0.39 is 0 Å². The van der Waals surface area contributed by atoms with Gasteiger partial charge in [-0.1, -0.05) is 30.9 Å². The third kappa shape index (κ3) is 7.15. The van der Waals surface area contributed by atoms with Crippen molar-refractivity contribution in [3.63, 3.8) is 0 Å². The molecule has 142 valence electrons. The molecule has 2 N–H and O–H groups in total. The fourth-order valence-corrected chi connectivity index (χ4v) is 2.51. The number of methoxy groups -OCH3 is 2. The second-order valence-corrected chi connectivity index (χ2v) is 6.02. The predicted molar refractivity (Wildman–Crippen MR) is 106 cm³/mol. The summed E-state index contributed by atoms with van der Waals surface area (Å²) in [7, 11) is 3.05. The number of hydrogen-bond acceptors (Lipinski definition) is 4. The normalized spacial score (nSPS) is 10.4. The summed E-state index contributed by atoms with van der Waals surface area (Å²) in [5, 5.41) is 19.8. The Bertz CT molecular complexity index is 815. The standard InChI is InChI=1S/C22H24O4.2Y/c1-14(6-8-17-10-15(2)21(23)19(12-17)25-4)7-9-18-11-16(3)22(24)20(13-18)26-5;;/h6-13,23-24H,1H2,2-5H3;;/b8-6+,9-7+;;. The molecule has 2 aromatic rings. The molecular formula is C22H24O4Y2. The first kappa shape index (κ1) is 27.1. The molecule has 2 aromatic carbocycles. The van der Waals surface area contributed by atoms with Gasteiger partial charge < -0.3 is 19.7 Å². The van der Waals surface area contributed by atoms with E-state index in [-0.39, 0.29) is 76.9 Å². The first-order valence-electron chi connectivity index (χ1n) is 8.16. The fraction of sp³-hybridized carbons (Fsp3) is 0.182. The number of hydrogen-bond donors (Lipinski definition) is 2. The number of phenols is 2. The number of aryl methyl sites for hydroxylation is 2. The van der Waals surface area contributed by atoms with Crippen LogP contribution in [0.5, 0.6) is 23.0 Å². The largest absolute Gasteiger partial charge is 0.504 e. The van der Waals surface area contributed by atoms with Crippen LogP contribution in [0.4, 0.5) is 0 Å². The quantitative estimate of drug-likeness (QED) is 0.516. The van der Waals surface area contributed by atoms with E-state index >= 15 is 0 Å². The second-order valence-electron chi connectivity index (χ2n) is 6.02. The summed E-state index contributed by atoms with van der Waals surface area (Å²) in [6.45, 7) is 7.66. The van der Waals surface area contributed by atoms with Crippen molar-refractivity contribution in [2.24, 2.45) is 0 Å². The number of phenolic OH excluding ortho intramolecular Hbond substituents is 2. The van der Waals surface area contributed by atoms with Gasteiger partial charge in [0.25, 0.3) is 0 Å². The van der Waals surface area contributed by atoms with E-state index in [9.17, 15) is 10.2 Å². The smallest absolute Gasteiger partial charge is 0.161 e. The van der Waals surface area contributed by atoms with Gasteiger partial charge >= 0.3 is 0 Å². The van der Waals surface area contributed by atoms with Gasteiger partial charge in [-0.05, 0) is 65.9 Å². The average Bonchev–Trinajstić information content (AvgIpc) is 2.63. The van der Waals surface area contributed by atoms with E-state index in [1.54, 1.807) is 12.1 Å². The van der Waals surface area contributed by atoms with Crippen molar-refractivity contribution in [2.45, 2.75) is 13.8 Å². The molecule has 0 aliphatic carbocycles. The summed E-state index contributed by atoms with van der Waals surface area (Å²) < 4.78 is 10.3. The molecule has 0 fully saturated rings. The Morgan fingerprint density at radius 2 is 1.14 bits per heavy atom. The number of aromatic hydroxyl groups is 2. The third-order valence-electron chi connectivity index (χ3n) is 4.00. The first-order chi connectivity index (χ1) is 12.3. The maximum Gasteiger partial charge on any atom is 0.161 e. The van der Waals surface area contributed by atoms with E-state index in [1.165, 1.54) is 14.2 Å². The van der Waals surface area contributed by atoms with Crippen LogP contribution >= 0.6 is 0 Å². The Morgan fingerprint density at radius 1 is 0.786 bits per heavy atom. The SMILES string of the molecule is C=C(/C=C/c1cc(C)c(O)c(OC)c1)/C=C/c1cc(C)c(O)c(OC)c1.[Y].[Y]. The predicted octanol–water partition coefficient (Wildman–Crippen LogP) is 5.01. The van der Waals surface area contributed by atoms with E-state index in [2.05, 4.69) is 6.58 Å². The number of allylic oxidation sites excluding steroid dienone is 3. The molecule has 0 aliphatic rings. The summed E-state index contributed by atoms with van der Waals surface area (Å²) in [6, 6.07) is 7.28. The molecule has 0 heterocycles. The Kier molecular flexibility index (Phi) is 12.2. The maximum absolute atomic E-state index is 9.89. The minimum absolute atomic E-state index is 0. The van der Waals surface area contributed by atoms with Crippen LogP contribution in [-0.4, -0.2) is 24.4 Å². The average molecular weight is 530 g/mol. The van der Waals surface area contributed by atoms with Gasteiger partial charge in [0, 0.05) is 65.4 Å². The van der Waals surface area contributed by atoms with Crippen LogP contribution in [0.1, 0.15) is 22.3 Å². The number of rotatable bonds is 6. The minimum Gasteiger partial charge on any atom is -0.504 e. The van der Waals surface area contributed by atoms with Crippen molar-refractivity contribution >= 4 is 12.2 Å². The summed E-state index contributed by atoms with van der Waals surface area (Å²) >= 11 is 0. The molecule has 0 atom stereocenters. The Morgan fingerprint density at radius 3 is 1.46 bits per heavy atom. The molecule has 2 rings (SSSR count).